The van der Waals surface area contributed by atoms with Crippen LogP contribution in [0.3, 0.4) is 0 Å². The molecule has 5 nitrogen and oxygen atoms in total. The van der Waals surface area contributed by atoms with Crippen molar-refractivity contribution in [2.45, 2.75) is 6.04 Å². The van der Waals surface area contributed by atoms with Gasteiger partial charge in [-0.05, 0) is 17.2 Å². The van der Waals surface area contributed by atoms with Gasteiger partial charge < -0.3 is 4.74 Å². The van der Waals surface area contributed by atoms with Crippen molar-refractivity contribution >= 4 is 28.5 Å². The second-order valence-electron chi connectivity index (χ2n) is 6.25. The van der Waals surface area contributed by atoms with Crippen LogP contribution in [0.5, 0.6) is 0 Å². The van der Waals surface area contributed by atoms with Gasteiger partial charge in [0.2, 0.25) is 10.0 Å². The number of hydrogen-bond donors (Lipinski definition) is 1. The number of morpholine rings is 1. The van der Waals surface area contributed by atoms with E-state index in [-0.39, 0.29) is 18.4 Å². The highest BCUT2D eigenvalue weighted by molar-refractivity contribution is 7.92. The van der Waals surface area contributed by atoms with Crippen LogP contribution in [0, 0.1) is 0 Å². The summed E-state index contributed by atoms with van der Waals surface area (Å²) in [6.45, 7) is 3.60. The largest absolute Gasteiger partial charge is 0.379 e. The molecule has 0 radical (unpaired) electrons. The summed E-state index contributed by atoms with van der Waals surface area (Å²) in [7, 11) is -3.57. The smallest absolute Gasteiger partial charge is 0.234 e. The van der Waals surface area contributed by atoms with Crippen molar-refractivity contribution in [3.05, 3.63) is 77.2 Å². The van der Waals surface area contributed by atoms with E-state index >= 15 is 0 Å². The van der Waals surface area contributed by atoms with Crippen LogP contribution in [0.2, 0.25) is 0 Å². The molecule has 0 aliphatic carbocycles. The summed E-state index contributed by atoms with van der Waals surface area (Å²) in [5.74, 6) is 0. The Kier molecular flexibility index (Phi) is 8.47. The highest BCUT2D eigenvalue weighted by Crippen LogP contribution is 2.17. The maximum Gasteiger partial charge on any atom is 0.234 e. The number of nitrogens with zero attached hydrogens (tertiary/aromatic N) is 1. The summed E-state index contributed by atoms with van der Waals surface area (Å²) in [5, 5.41) is 1.23. The number of halogens is 1. The minimum Gasteiger partial charge on any atom is -0.379 e. The molecule has 27 heavy (non-hydrogen) atoms. The number of sulfonamides is 1. The lowest BCUT2D eigenvalue weighted by molar-refractivity contribution is 0.0345. The van der Waals surface area contributed by atoms with Gasteiger partial charge in [0.1, 0.15) is 0 Å². The molecule has 1 N–H and O–H groups in total. The van der Waals surface area contributed by atoms with E-state index in [0.29, 0.717) is 19.8 Å². The first-order chi connectivity index (χ1) is 12.6. The van der Waals surface area contributed by atoms with E-state index < -0.39 is 10.0 Å². The van der Waals surface area contributed by atoms with Crippen LogP contribution in [0.1, 0.15) is 17.2 Å². The molecule has 7 heteroatoms. The van der Waals surface area contributed by atoms with Crippen LogP contribution < -0.4 is 4.72 Å². The van der Waals surface area contributed by atoms with Crippen LogP contribution in [0.4, 0.5) is 0 Å². The van der Waals surface area contributed by atoms with Crippen LogP contribution in [-0.2, 0) is 14.8 Å². The molecule has 1 heterocycles. The predicted molar refractivity (Wildman–Crippen MR) is 111 cm³/mol. The third-order valence-corrected chi connectivity index (χ3v) is 5.40. The Hall–Kier alpha value is -1.70. The van der Waals surface area contributed by atoms with Crippen molar-refractivity contribution < 1.29 is 13.2 Å². The molecule has 0 aromatic heterocycles. The first kappa shape index (κ1) is 21.6. The zero-order chi connectivity index (χ0) is 18.2. The lowest BCUT2D eigenvalue weighted by Gasteiger charge is -2.30. The molecule has 0 amide bonds. The van der Waals surface area contributed by atoms with E-state index in [0.717, 1.165) is 24.2 Å². The SMILES string of the molecule is Cl.O=S(=O)(C=Cc1ccccc1)NC(CN1CCOCC1)c1ccccc1. The number of benzene rings is 2. The molecular weight excluding hydrogens is 384 g/mol. The highest BCUT2D eigenvalue weighted by Gasteiger charge is 2.21. The summed E-state index contributed by atoms with van der Waals surface area (Å²) in [6, 6.07) is 18.8. The normalized spacial score (nSPS) is 16.7. The zero-order valence-electron chi connectivity index (χ0n) is 15.0. The minimum atomic E-state index is -3.57. The lowest BCUT2D eigenvalue weighted by Crippen LogP contribution is -2.42. The second kappa shape index (κ2) is 10.6. The monoisotopic (exact) mass is 408 g/mol. The first-order valence-corrected chi connectivity index (χ1v) is 10.3. The average molecular weight is 409 g/mol. The van der Waals surface area contributed by atoms with Gasteiger partial charge in [-0.25, -0.2) is 13.1 Å². The molecule has 1 aliphatic heterocycles. The van der Waals surface area contributed by atoms with Crippen molar-refractivity contribution in [2.75, 3.05) is 32.8 Å². The summed E-state index contributed by atoms with van der Waals surface area (Å²) in [5.41, 5.74) is 1.80. The van der Waals surface area contributed by atoms with Crippen LogP contribution in [0.15, 0.2) is 66.1 Å². The first-order valence-electron chi connectivity index (χ1n) is 8.73. The third-order valence-electron chi connectivity index (χ3n) is 4.29. The summed E-state index contributed by atoms with van der Waals surface area (Å²) < 4.78 is 33.4. The average Bonchev–Trinajstić information content (AvgIpc) is 2.68. The zero-order valence-corrected chi connectivity index (χ0v) is 16.7. The molecule has 1 unspecified atom stereocenters. The van der Waals surface area contributed by atoms with E-state index in [1.54, 1.807) is 6.08 Å². The van der Waals surface area contributed by atoms with E-state index in [2.05, 4.69) is 9.62 Å². The van der Waals surface area contributed by atoms with Crippen LogP contribution in [-0.4, -0.2) is 46.2 Å². The maximum atomic E-state index is 12.6. The van der Waals surface area contributed by atoms with E-state index in [9.17, 15) is 8.42 Å². The van der Waals surface area contributed by atoms with Gasteiger partial charge >= 0.3 is 0 Å². The standard InChI is InChI=1S/C20H24N2O3S.ClH/c23-26(24,16-11-18-7-3-1-4-8-18)21-20(19-9-5-2-6-10-19)17-22-12-14-25-15-13-22;/h1-11,16,20-21H,12-15,17H2;1H. The van der Waals surface area contributed by atoms with Crippen molar-refractivity contribution in [1.29, 1.82) is 0 Å². The molecule has 2 aromatic rings. The fourth-order valence-corrected chi connectivity index (χ4v) is 3.93. The number of nitrogens with one attached hydrogen (secondary N) is 1. The van der Waals surface area contributed by atoms with Gasteiger partial charge in [-0.1, -0.05) is 60.7 Å². The highest BCUT2D eigenvalue weighted by atomic mass is 35.5. The fraction of sp³-hybridized carbons (Fsp3) is 0.300. The van der Waals surface area contributed by atoms with E-state index in [1.165, 1.54) is 5.41 Å². The molecule has 2 aromatic carbocycles. The number of hydrogen-bond acceptors (Lipinski definition) is 4. The quantitative estimate of drug-likeness (QED) is 0.764. The molecular formula is C20H25ClN2O3S. The Morgan fingerprint density at radius 2 is 1.59 bits per heavy atom. The van der Waals surface area contributed by atoms with Gasteiger partial charge in [0.05, 0.1) is 19.3 Å². The van der Waals surface area contributed by atoms with Crippen LogP contribution in [0.25, 0.3) is 6.08 Å². The van der Waals surface area contributed by atoms with Crippen molar-refractivity contribution in [1.82, 2.24) is 9.62 Å². The molecule has 1 atom stereocenters. The van der Waals surface area contributed by atoms with Gasteiger partial charge in [0.25, 0.3) is 0 Å². The number of ether oxygens (including phenoxy) is 1. The Bertz CT molecular complexity index is 808. The van der Waals surface area contributed by atoms with Gasteiger partial charge in [0.15, 0.2) is 0 Å². The van der Waals surface area contributed by atoms with Crippen molar-refractivity contribution in [3.8, 4) is 0 Å². The van der Waals surface area contributed by atoms with Gasteiger partial charge in [0, 0.05) is 25.0 Å². The Morgan fingerprint density at radius 3 is 2.22 bits per heavy atom. The second-order valence-corrected chi connectivity index (χ2v) is 7.85. The molecule has 1 saturated heterocycles. The minimum absolute atomic E-state index is 0. The van der Waals surface area contributed by atoms with Gasteiger partial charge in [-0.3, -0.25) is 4.90 Å². The molecule has 0 bridgehead atoms. The molecule has 1 aliphatic rings. The summed E-state index contributed by atoms with van der Waals surface area (Å²) in [4.78, 5) is 2.23. The number of rotatable bonds is 7. The topological polar surface area (TPSA) is 58.6 Å². The third kappa shape index (κ3) is 7.08. The maximum absolute atomic E-state index is 12.6. The summed E-state index contributed by atoms with van der Waals surface area (Å²) in [6.07, 6.45) is 1.61. The lowest BCUT2D eigenvalue weighted by atomic mass is 10.1. The summed E-state index contributed by atoms with van der Waals surface area (Å²) >= 11 is 0. The molecule has 146 valence electrons. The van der Waals surface area contributed by atoms with Gasteiger partial charge in [-0.2, -0.15) is 0 Å². The molecule has 1 fully saturated rings. The Morgan fingerprint density at radius 1 is 1.00 bits per heavy atom. The molecule has 3 rings (SSSR count). The fourth-order valence-electron chi connectivity index (χ4n) is 2.91. The van der Waals surface area contributed by atoms with Gasteiger partial charge in [-0.15, -0.1) is 12.4 Å². The molecule has 0 saturated carbocycles. The molecule has 0 spiro atoms. The van der Waals surface area contributed by atoms with Crippen molar-refractivity contribution in [2.24, 2.45) is 0 Å². The van der Waals surface area contributed by atoms with E-state index in [1.807, 2.05) is 60.7 Å². The van der Waals surface area contributed by atoms with Crippen LogP contribution >= 0.6 is 12.4 Å². The predicted octanol–water partition coefficient (Wildman–Crippen LogP) is 3.07. The van der Waals surface area contributed by atoms with E-state index in [4.69, 9.17) is 4.74 Å². The Labute approximate surface area is 167 Å². The van der Waals surface area contributed by atoms with Crippen molar-refractivity contribution in [3.63, 3.8) is 0 Å². The Balaban J connectivity index is 0.00000261.